The van der Waals surface area contributed by atoms with Gasteiger partial charge in [-0.15, -0.1) is 0 Å². The van der Waals surface area contributed by atoms with Crippen molar-refractivity contribution in [3.63, 3.8) is 0 Å². The first-order chi connectivity index (χ1) is 9.78. The van der Waals surface area contributed by atoms with E-state index in [9.17, 15) is 0 Å². The van der Waals surface area contributed by atoms with Gasteiger partial charge in [0.05, 0.1) is 0 Å². The molecule has 2 nitrogen and oxygen atoms in total. The molecule has 110 valence electrons. The van der Waals surface area contributed by atoms with Crippen molar-refractivity contribution in [2.24, 2.45) is 5.92 Å². The lowest BCUT2D eigenvalue weighted by Gasteiger charge is -2.25. The van der Waals surface area contributed by atoms with E-state index in [-0.39, 0.29) is 0 Å². The molecule has 1 N–H and O–H groups in total. The quantitative estimate of drug-likeness (QED) is 0.765. The minimum atomic E-state index is 0.460. The Kier molecular flexibility index (Phi) is 4.30. The fourth-order valence-electron chi connectivity index (χ4n) is 2.86. The van der Waals surface area contributed by atoms with Gasteiger partial charge in [-0.25, -0.2) is 0 Å². The minimum absolute atomic E-state index is 0.460. The first-order valence-corrected chi connectivity index (χ1v) is 8.38. The zero-order chi connectivity index (χ0) is 13.9. The summed E-state index contributed by atoms with van der Waals surface area (Å²) in [5.41, 5.74) is 2.84. The molecular weight excluding hydrogens is 244 g/mol. The summed E-state index contributed by atoms with van der Waals surface area (Å²) in [6.45, 7) is 6.86. The summed E-state index contributed by atoms with van der Waals surface area (Å²) in [6.07, 6.45) is 6.86. The summed E-state index contributed by atoms with van der Waals surface area (Å²) >= 11 is 0. The molecule has 1 aromatic carbocycles. The minimum Gasteiger partial charge on any atom is -0.368 e. The summed E-state index contributed by atoms with van der Waals surface area (Å²) in [5.74, 6) is 0.973. The van der Waals surface area contributed by atoms with Crippen LogP contribution in [0.15, 0.2) is 24.3 Å². The molecule has 0 aromatic heterocycles. The summed E-state index contributed by atoms with van der Waals surface area (Å²) < 4.78 is 0. The molecule has 2 aliphatic carbocycles. The van der Waals surface area contributed by atoms with Crippen LogP contribution in [0.3, 0.4) is 0 Å². The molecule has 0 spiro atoms. The van der Waals surface area contributed by atoms with Crippen LogP contribution in [0, 0.1) is 5.92 Å². The van der Waals surface area contributed by atoms with E-state index < -0.39 is 0 Å². The average molecular weight is 272 g/mol. The summed E-state index contributed by atoms with van der Waals surface area (Å²) in [7, 11) is 0. The molecule has 2 fully saturated rings. The van der Waals surface area contributed by atoms with E-state index in [4.69, 9.17) is 0 Å². The lowest BCUT2D eigenvalue weighted by molar-refractivity contribution is 0.570. The molecule has 0 radical (unpaired) electrons. The highest BCUT2D eigenvalue weighted by Crippen LogP contribution is 2.37. The van der Waals surface area contributed by atoms with E-state index >= 15 is 0 Å². The van der Waals surface area contributed by atoms with Gasteiger partial charge in [0.1, 0.15) is 0 Å². The maximum Gasteiger partial charge on any atom is 0.0369 e. The Hall–Kier alpha value is -1.02. The highest BCUT2D eigenvalue weighted by molar-refractivity contribution is 5.50. The van der Waals surface area contributed by atoms with Crippen LogP contribution in [0.2, 0.25) is 0 Å². The SMILES string of the molecule is CCCNC(C)c1ccc(N(CC2CC2)C2CC2)cc1. The first-order valence-electron chi connectivity index (χ1n) is 8.38. The first kappa shape index (κ1) is 13.9. The average Bonchev–Trinajstić information content (AvgIpc) is 3.36. The Bertz CT molecular complexity index is 418. The molecule has 2 saturated carbocycles. The van der Waals surface area contributed by atoms with Crippen LogP contribution in [0.25, 0.3) is 0 Å². The van der Waals surface area contributed by atoms with E-state index in [0.29, 0.717) is 6.04 Å². The van der Waals surface area contributed by atoms with Gasteiger partial charge in [-0.3, -0.25) is 0 Å². The molecule has 0 heterocycles. The number of rotatable bonds is 8. The number of hydrogen-bond acceptors (Lipinski definition) is 2. The van der Waals surface area contributed by atoms with Crippen LogP contribution in [0.5, 0.6) is 0 Å². The summed E-state index contributed by atoms with van der Waals surface area (Å²) in [4.78, 5) is 2.66. The van der Waals surface area contributed by atoms with Crippen molar-refractivity contribution in [1.82, 2.24) is 5.32 Å². The third-order valence-electron chi connectivity index (χ3n) is 4.56. The lowest BCUT2D eigenvalue weighted by Crippen LogP contribution is -2.28. The molecule has 1 unspecified atom stereocenters. The Labute approximate surface area is 123 Å². The van der Waals surface area contributed by atoms with Crippen LogP contribution in [0.4, 0.5) is 5.69 Å². The second-order valence-corrected chi connectivity index (χ2v) is 6.59. The molecule has 2 aliphatic rings. The monoisotopic (exact) mass is 272 g/mol. The standard InChI is InChI=1S/C18H28N2/c1-3-12-19-14(2)16-6-8-17(9-7-16)20(18-10-11-18)13-15-4-5-15/h6-9,14-15,18-19H,3-5,10-13H2,1-2H3. The van der Waals surface area contributed by atoms with E-state index in [1.54, 1.807) is 0 Å². The smallest absolute Gasteiger partial charge is 0.0369 e. The van der Waals surface area contributed by atoms with E-state index in [0.717, 1.165) is 18.5 Å². The molecule has 1 aromatic rings. The molecule has 20 heavy (non-hydrogen) atoms. The van der Waals surface area contributed by atoms with Crippen molar-refractivity contribution in [2.45, 2.75) is 58.0 Å². The zero-order valence-electron chi connectivity index (χ0n) is 12.9. The summed E-state index contributed by atoms with van der Waals surface area (Å²) in [6, 6.07) is 10.6. The topological polar surface area (TPSA) is 15.3 Å². The number of anilines is 1. The summed E-state index contributed by atoms with van der Waals surface area (Å²) in [5, 5.41) is 3.56. The lowest BCUT2D eigenvalue weighted by atomic mass is 10.1. The fraction of sp³-hybridized carbons (Fsp3) is 0.667. The van der Waals surface area contributed by atoms with Crippen LogP contribution < -0.4 is 10.2 Å². The second-order valence-electron chi connectivity index (χ2n) is 6.59. The van der Waals surface area contributed by atoms with Crippen LogP contribution in [0.1, 0.15) is 57.6 Å². The van der Waals surface area contributed by atoms with Crippen molar-refractivity contribution < 1.29 is 0 Å². The molecule has 0 amide bonds. The molecule has 1 atom stereocenters. The number of nitrogens with zero attached hydrogens (tertiary/aromatic N) is 1. The van der Waals surface area contributed by atoms with Crippen molar-refractivity contribution in [3.8, 4) is 0 Å². The van der Waals surface area contributed by atoms with Gasteiger partial charge in [-0.2, -0.15) is 0 Å². The zero-order valence-corrected chi connectivity index (χ0v) is 12.9. The predicted octanol–water partition coefficient (Wildman–Crippen LogP) is 4.13. The Morgan fingerprint density at radius 3 is 2.40 bits per heavy atom. The van der Waals surface area contributed by atoms with Gasteiger partial charge in [-0.05, 0) is 69.2 Å². The highest BCUT2D eigenvalue weighted by atomic mass is 15.2. The Balaban J connectivity index is 1.64. The van der Waals surface area contributed by atoms with E-state index in [1.165, 1.54) is 49.9 Å². The molecular formula is C18H28N2. The Morgan fingerprint density at radius 2 is 1.85 bits per heavy atom. The van der Waals surface area contributed by atoms with Gasteiger partial charge in [0.2, 0.25) is 0 Å². The number of nitrogens with one attached hydrogen (secondary N) is 1. The molecule has 0 saturated heterocycles. The van der Waals surface area contributed by atoms with Gasteiger partial charge in [0.25, 0.3) is 0 Å². The van der Waals surface area contributed by atoms with Crippen LogP contribution in [-0.4, -0.2) is 19.1 Å². The van der Waals surface area contributed by atoms with E-state index in [2.05, 4.69) is 48.3 Å². The Morgan fingerprint density at radius 1 is 1.15 bits per heavy atom. The molecule has 3 rings (SSSR count). The maximum atomic E-state index is 3.56. The van der Waals surface area contributed by atoms with Crippen molar-refractivity contribution in [1.29, 1.82) is 0 Å². The number of hydrogen-bond donors (Lipinski definition) is 1. The third kappa shape index (κ3) is 3.54. The van der Waals surface area contributed by atoms with Gasteiger partial charge in [-0.1, -0.05) is 19.1 Å². The van der Waals surface area contributed by atoms with E-state index in [1.807, 2.05) is 0 Å². The van der Waals surface area contributed by atoms with Gasteiger partial charge in [0.15, 0.2) is 0 Å². The normalized spacial score (nSPS) is 19.9. The maximum absolute atomic E-state index is 3.56. The third-order valence-corrected chi connectivity index (χ3v) is 4.56. The molecule has 0 bridgehead atoms. The van der Waals surface area contributed by atoms with Crippen molar-refractivity contribution in [3.05, 3.63) is 29.8 Å². The molecule has 0 aliphatic heterocycles. The van der Waals surface area contributed by atoms with Gasteiger partial charge in [0, 0.05) is 24.3 Å². The van der Waals surface area contributed by atoms with Crippen molar-refractivity contribution >= 4 is 5.69 Å². The van der Waals surface area contributed by atoms with Gasteiger partial charge >= 0.3 is 0 Å². The largest absolute Gasteiger partial charge is 0.368 e. The van der Waals surface area contributed by atoms with Crippen molar-refractivity contribution in [2.75, 3.05) is 18.0 Å². The highest BCUT2D eigenvalue weighted by Gasteiger charge is 2.33. The molecule has 2 heteroatoms. The predicted molar refractivity (Wildman–Crippen MR) is 86.2 cm³/mol. The van der Waals surface area contributed by atoms with Gasteiger partial charge < -0.3 is 10.2 Å². The number of benzene rings is 1. The van der Waals surface area contributed by atoms with Crippen LogP contribution in [-0.2, 0) is 0 Å². The fourth-order valence-corrected chi connectivity index (χ4v) is 2.86. The van der Waals surface area contributed by atoms with Crippen LogP contribution >= 0.6 is 0 Å². The second kappa shape index (κ2) is 6.17.